The SMILES string of the molecule is CNC1CCC(N2CCS(=O)CC2)CC1. The van der Waals surface area contributed by atoms with Crippen molar-refractivity contribution < 1.29 is 4.21 Å². The third-order valence-corrected chi connectivity index (χ3v) is 5.11. The highest BCUT2D eigenvalue weighted by Crippen LogP contribution is 2.23. The average Bonchev–Trinajstić information content (AvgIpc) is 2.30. The van der Waals surface area contributed by atoms with E-state index in [4.69, 9.17) is 0 Å². The van der Waals surface area contributed by atoms with Gasteiger partial charge in [-0.1, -0.05) is 0 Å². The zero-order valence-electron chi connectivity index (χ0n) is 9.58. The van der Waals surface area contributed by atoms with Crippen molar-refractivity contribution >= 4 is 10.8 Å². The van der Waals surface area contributed by atoms with E-state index in [-0.39, 0.29) is 0 Å². The Bertz CT molecular complexity index is 217. The van der Waals surface area contributed by atoms with Gasteiger partial charge in [0.05, 0.1) is 0 Å². The van der Waals surface area contributed by atoms with Crippen molar-refractivity contribution in [1.82, 2.24) is 10.2 Å². The van der Waals surface area contributed by atoms with Gasteiger partial charge < -0.3 is 5.32 Å². The second-order valence-corrected chi connectivity index (χ2v) is 6.37. The zero-order chi connectivity index (χ0) is 10.7. The highest BCUT2D eigenvalue weighted by atomic mass is 32.2. The third kappa shape index (κ3) is 3.02. The van der Waals surface area contributed by atoms with Gasteiger partial charge >= 0.3 is 0 Å². The molecule has 1 N–H and O–H groups in total. The number of nitrogens with zero attached hydrogens (tertiary/aromatic N) is 1. The van der Waals surface area contributed by atoms with Crippen molar-refractivity contribution in [2.75, 3.05) is 31.6 Å². The first-order chi connectivity index (χ1) is 7.29. The fourth-order valence-corrected chi connectivity index (χ4v) is 3.83. The fourth-order valence-electron chi connectivity index (χ4n) is 2.75. The van der Waals surface area contributed by atoms with Crippen molar-refractivity contribution in [3.05, 3.63) is 0 Å². The summed E-state index contributed by atoms with van der Waals surface area (Å²) in [5.41, 5.74) is 0. The quantitative estimate of drug-likeness (QED) is 0.753. The van der Waals surface area contributed by atoms with Crippen LogP contribution < -0.4 is 5.32 Å². The van der Waals surface area contributed by atoms with Crippen LogP contribution in [-0.2, 0) is 10.8 Å². The first-order valence-electron chi connectivity index (χ1n) is 6.06. The number of hydrogen-bond donors (Lipinski definition) is 1. The highest BCUT2D eigenvalue weighted by Gasteiger charge is 2.27. The third-order valence-electron chi connectivity index (χ3n) is 3.83. The standard InChI is InChI=1S/C11H22N2OS/c1-12-10-2-4-11(5-3-10)13-6-8-15(14)9-7-13/h10-12H,2-9H2,1H3. The molecule has 1 saturated carbocycles. The number of hydrogen-bond acceptors (Lipinski definition) is 3. The van der Waals surface area contributed by atoms with E-state index in [2.05, 4.69) is 17.3 Å². The zero-order valence-corrected chi connectivity index (χ0v) is 10.4. The van der Waals surface area contributed by atoms with E-state index in [0.717, 1.165) is 36.7 Å². The van der Waals surface area contributed by atoms with Crippen molar-refractivity contribution in [1.29, 1.82) is 0 Å². The molecule has 2 fully saturated rings. The van der Waals surface area contributed by atoms with Gasteiger partial charge in [-0.25, -0.2) is 0 Å². The summed E-state index contributed by atoms with van der Waals surface area (Å²) in [7, 11) is 1.54. The first-order valence-corrected chi connectivity index (χ1v) is 7.54. The molecule has 0 bridgehead atoms. The molecule has 0 spiro atoms. The summed E-state index contributed by atoms with van der Waals surface area (Å²) in [6.07, 6.45) is 5.25. The minimum atomic E-state index is -0.528. The Labute approximate surface area is 95.1 Å². The van der Waals surface area contributed by atoms with E-state index in [1.807, 2.05) is 0 Å². The summed E-state index contributed by atoms with van der Waals surface area (Å²) in [6.45, 7) is 2.11. The molecule has 2 aliphatic rings. The topological polar surface area (TPSA) is 32.3 Å². The molecule has 0 unspecified atom stereocenters. The van der Waals surface area contributed by atoms with E-state index >= 15 is 0 Å². The molecular formula is C11H22N2OS. The van der Waals surface area contributed by atoms with Crippen molar-refractivity contribution in [3.63, 3.8) is 0 Å². The van der Waals surface area contributed by atoms with Gasteiger partial charge in [-0.15, -0.1) is 0 Å². The molecule has 0 aromatic rings. The van der Waals surface area contributed by atoms with Crippen LogP contribution in [0.3, 0.4) is 0 Å². The molecule has 0 aromatic heterocycles. The molecule has 1 heterocycles. The van der Waals surface area contributed by atoms with Gasteiger partial charge in [0.25, 0.3) is 0 Å². The van der Waals surface area contributed by atoms with E-state index in [1.54, 1.807) is 0 Å². The Morgan fingerprint density at radius 2 is 1.73 bits per heavy atom. The van der Waals surface area contributed by atoms with Gasteiger partial charge in [0, 0.05) is 47.5 Å². The van der Waals surface area contributed by atoms with Gasteiger partial charge in [-0.05, 0) is 32.7 Å². The maximum Gasteiger partial charge on any atom is 0.0363 e. The predicted molar refractivity (Wildman–Crippen MR) is 64.6 cm³/mol. The Morgan fingerprint density at radius 1 is 1.13 bits per heavy atom. The summed E-state index contributed by atoms with van der Waals surface area (Å²) in [5, 5.41) is 3.37. The summed E-state index contributed by atoms with van der Waals surface area (Å²) >= 11 is 0. The van der Waals surface area contributed by atoms with Gasteiger partial charge in [0.2, 0.25) is 0 Å². The smallest absolute Gasteiger partial charge is 0.0363 e. The van der Waals surface area contributed by atoms with E-state index in [1.165, 1.54) is 25.7 Å². The van der Waals surface area contributed by atoms with Crippen LogP contribution in [0.2, 0.25) is 0 Å². The number of nitrogens with one attached hydrogen (secondary N) is 1. The summed E-state index contributed by atoms with van der Waals surface area (Å²) < 4.78 is 11.3. The van der Waals surface area contributed by atoms with Crippen LogP contribution >= 0.6 is 0 Å². The molecule has 15 heavy (non-hydrogen) atoms. The minimum absolute atomic E-state index is 0.528. The summed E-state index contributed by atoms with van der Waals surface area (Å²) in [6, 6.07) is 1.51. The van der Waals surface area contributed by atoms with Crippen molar-refractivity contribution in [2.45, 2.75) is 37.8 Å². The van der Waals surface area contributed by atoms with Crippen LogP contribution in [0, 0.1) is 0 Å². The van der Waals surface area contributed by atoms with Crippen LogP contribution in [0.1, 0.15) is 25.7 Å². The molecule has 1 saturated heterocycles. The van der Waals surface area contributed by atoms with Crippen LogP contribution in [-0.4, -0.2) is 52.8 Å². The lowest BCUT2D eigenvalue weighted by Gasteiger charge is -2.38. The fraction of sp³-hybridized carbons (Fsp3) is 1.00. The van der Waals surface area contributed by atoms with Gasteiger partial charge in [0.1, 0.15) is 0 Å². The van der Waals surface area contributed by atoms with Gasteiger partial charge in [-0.3, -0.25) is 9.11 Å². The molecule has 88 valence electrons. The average molecular weight is 230 g/mol. The monoisotopic (exact) mass is 230 g/mol. The van der Waals surface area contributed by atoms with E-state index < -0.39 is 10.8 Å². The van der Waals surface area contributed by atoms with Crippen LogP contribution in [0.4, 0.5) is 0 Å². The molecular weight excluding hydrogens is 208 g/mol. The highest BCUT2D eigenvalue weighted by molar-refractivity contribution is 7.85. The maximum atomic E-state index is 11.3. The lowest BCUT2D eigenvalue weighted by atomic mass is 9.90. The summed E-state index contributed by atoms with van der Waals surface area (Å²) in [5.74, 6) is 1.79. The van der Waals surface area contributed by atoms with Crippen molar-refractivity contribution in [3.8, 4) is 0 Å². The first kappa shape index (κ1) is 11.6. The van der Waals surface area contributed by atoms with Crippen LogP contribution in [0.15, 0.2) is 0 Å². The second kappa shape index (κ2) is 5.41. The Hall–Kier alpha value is 0.0700. The molecule has 1 aliphatic heterocycles. The summed E-state index contributed by atoms with van der Waals surface area (Å²) in [4.78, 5) is 2.56. The molecule has 0 aromatic carbocycles. The normalized spacial score (nSPS) is 35.5. The predicted octanol–water partition coefficient (Wildman–Crippen LogP) is 0.581. The van der Waals surface area contributed by atoms with Crippen LogP contribution in [0.5, 0.6) is 0 Å². The van der Waals surface area contributed by atoms with Gasteiger partial charge in [-0.2, -0.15) is 0 Å². The molecule has 0 amide bonds. The van der Waals surface area contributed by atoms with Crippen LogP contribution in [0.25, 0.3) is 0 Å². The second-order valence-electron chi connectivity index (χ2n) is 4.68. The lowest BCUT2D eigenvalue weighted by Crippen LogP contribution is -2.47. The Kier molecular flexibility index (Phi) is 4.17. The molecule has 1 aliphatic carbocycles. The van der Waals surface area contributed by atoms with Crippen molar-refractivity contribution in [2.24, 2.45) is 0 Å². The Morgan fingerprint density at radius 3 is 2.27 bits per heavy atom. The molecule has 3 nitrogen and oxygen atoms in total. The molecule has 2 rings (SSSR count). The van der Waals surface area contributed by atoms with E-state index in [9.17, 15) is 4.21 Å². The molecule has 0 atom stereocenters. The molecule has 4 heteroatoms. The van der Waals surface area contributed by atoms with Gasteiger partial charge in [0.15, 0.2) is 0 Å². The lowest BCUT2D eigenvalue weighted by molar-refractivity contribution is 0.157. The largest absolute Gasteiger partial charge is 0.317 e. The maximum absolute atomic E-state index is 11.3. The Balaban J connectivity index is 1.78. The minimum Gasteiger partial charge on any atom is -0.317 e. The van der Waals surface area contributed by atoms with E-state index in [0.29, 0.717) is 0 Å². The number of rotatable bonds is 2. The molecule has 0 radical (unpaired) electrons.